The normalized spacial score (nSPS) is 28.2. The molecule has 2 aliphatic heterocycles. The van der Waals surface area contributed by atoms with Crippen LogP contribution in [0.4, 0.5) is 0 Å². The number of benzene rings is 1. The molecule has 2 saturated heterocycles. The van der Waals surface area contributed by atoms with Crippen molar-refractivity contribution < 1.29 is 26.7 Å². The van der Waals surface area contributed by atoms with Gasteiger partial charge in [0.15, 0.2) is 0 Å². The lowest BCUT2D eigenvalue weighted by Gasteiger charge is -2.19. The quantitative estimate of drug-likeness (QED) is 0.693. The molecular weight excluding hydrogens is 372 g/mol. The Morgan fingerprint density at radius 2 is 1.76 bits per heavy atom. The van der Waals surface area contributed by atoms with Crippen molar-refractivity contribution in [2.45, 2.75) is 69.9 Å². The van der Waals surface area contributed by atoms with Crippen LogP contribution in [0.15, 0.2) is 24.3 Å². The molecular formula is C22H34N2O5. The summed E-state index contributed by atoms with van der Waals surface area (Å²) in [4.78, 5) is 24.8. The molecule has 4 unspecified atom stereocenters. The fourth-order valence-electron chi connectivity index (χ4n) is 4.00. The molecule has 0 spiro atoms. The van der Waals surface area contributed by atoms with Crippen LogP contribution in [0.1, 0.15) is 52.7 Å². The Kier molecular flexibility index (Phi) is 6.06. The Bertz CT molecular complexity index is 757. The Balaban J connectivity index is 0.00000171. The predicted octanol–water partition coefficient (Wildman–Crippen LogP) is 2.54. The van der Waals surface area contributed by atoms with E-state index in [1.54, 1.807) is 12.1 Å². The van der Waals surface area contributed by atoms with Gasteiger partial charge < -0.3 is 24.8 Å². The fourth-order valence-corrected chi connectivity index (χ4v) is 4.00. The Morgan fingerprint density at radius 1 is 1.10 bits per heavy atom. The van der Waals surface area contributed by atoms with Gasteiger partial charge in [-0.2, -0.15) is 0 Å². The lowest BCUT2D eigenvalue weighted by atomic mass is 10.1. The largest absolute Gasteiger partial charge is 0.490 e. The summed E-state index contributed by atoms with van der Waals surface area (Å²) in [5, 5.41) is 6.06. The zero-order valence-corrected chi connectivity index (χ0v) is 17.1. The highest BCUT2D eigenvalue weighted by atomic mass is 16.6. The first-order valence-corrected chi connectivity index (χ1v) is 10.7. The number of carbonyl (C=O) groups is 2. The van der Waals surface area contributed by atoms with Crippen LogP contribution in [0, 0.1) is 5.92 Å². The highest BCUT2D eigenvalue weighted by Crippen LogP contribution is 2.31. The molecule has 2 amide bonds. The number of hydrogen-bond acceptors (Lipinski definition) is 5. The van der Waals surface area contributed by atoms with Crippen molar-refractivity contribution >= 4 is 11.8 Å². The summed E-state index contributed by atoms with van der Waals surface area (Å²) >= 11 is 0. The first-order valence-electron chi connectivity index (χ1n) is 10.7. The van der Waals surface area contributed by atoms with Gasteiger partial charge in [-0.05, 0) is 43.9 Å². The number of ether oxygens (including phenoxy) is 3. The summed E-state index contributed by atoms with van der Waals surface area (Å²) in [5.41, 5.74) is 0.550. The van der Waals surface area contributed by atoms with Crippen molar-refractivity contribution in [2.75, 3.05) is 13.2 Å². The number of carbonyl (C=O) groups excluding carboxylic acids is 2. The van der Waals surface area contributed by atoms with Gasteiger partial charge in [-0.3, -0.25) is 9.59 Å². The second-order valence-electron chi connectivity index (χ2n) is 8.15. The predicted molar refractivity (Wildman–Crippen MR) is 111 cm³/mol. The van der Waals surface area contributed by atoms with E-state index in [2.05, 4.69) is 24.5 Å². The maximum atomic E-state index is 12.8. The van der Waals surface area contributed by atoms with Crippen LogP contribution < -0.4 is 15.4 Å². The Hall–Kier alpha value is -2.12. The van der Waals surface area contributed by atoms with Crippen molar-refractivity contribution in [3.8, 4) is 5.75 Å². The van der Waals surface area contributed by atoms with Gasteiger partial charge in [0, 0.05) is 14.3 Å². The van der Waals surface area contributed by atoms with Crippen molar-refractivity contribution in [3.63, 3.8) is 0 Å². The second-order valence-corrected chi connectivity index (χ2v) is 8.15. The zero-order chi connectivity index (χ0) is 20.4. The summed E-state index contributed by atoms with van der Waals surface area (Å²) in [6.07, 6.45) is 3.46. The summed E-state index contributed by atoms with van der Waals surface area (Å²) in [6, 6.07) is 6.87. The molecule has 3 fully saturated rings. The number of nitrogens with one attached hydrogen (secondary N) is 2. The van der Waals surface area contributed by atoms with Gasteiger partial charge in [-0.15, -0.1) is 0 Å². The second kappa shape index (κ2) is 8.71. The van der Waals surface area contributed by atoms with E-state index in [0.29, 0.717) is 24.5 Å². The molecule has 2 N–H and O–H groups in total. The molecule has 162 valence electrons. The van der Waals surface area contributed by atoms with Crippen LogP contribution in [0.5, 0.6) is 5.75 Å². The first-order chi connectivity index (χ1) is 14.1. The maximum absolute atomic E-state index is 12.8. The van der Waals surface area contributed by atoms with E-state index in [1.807, 2.05) is 12.1 Å². The van der Waals surface area contributed by atoms with Gasteiger partial charge >= 0.3 is 0 Å². The minimum absolute atomic E-state index is 0. The summed E-state index contributed by atoms with van der Waals surface area (Å²) in [5.74, 6) is 0.764. The van der Waals surface area contributed by atoms with Crippen LogP contribution >= 0.6 is 0 Å². The lowest BCUT2D eigenvalue weighted by Crippen LogP contribution is -2.47. The van der Waals surface area contributed by atoms with Crippen molar-refractivity contribution in [2.24, 2.45) is 5.92 Å². The summed E-state index contributed by atoms with van der Waals surface area (Å²) in [6.45, 7) is 4.96. The van der Waals surface area contributed by atoms with Crippen molar-refractivity contribution in [1.82, 2.24) is 10.6 Å². The minimum Gasteiger partial charge on any atom is -0.490 e. The van der Waals surface area contributed by atoms with Gasteiger partial charge in [0.1, 0.15) is 18.0 Å². The molecule has 3 aliphatic rings. The summed E-state index contributed by atoms with van der Waals surface area (Å²) < 4.78 is 17.7. The monoisotopic (exact) mass is 406 g/mol. The van der Waals surface area contributed by atoms with Crippen LogP contribution in [0.2, 0.25) is 0 Å². The molecule has 29 heavy (non-hydrogen) atoms. The van der Waals surface area contributed by atoms with E-state index in [9.17, 15) is 9.59 Å². The number of hydrogen-bond donors (Lipinski definition) is 2. The van der Waals surface area contributed by atoms with E-state index in [4.69, 9.17) is 14.2 Å². The molecule has 1 aromatic rings. The average Bonchev–Trinajstić information content (AvgIpc) is 3.41. The molecule has 1 aromatic carbocycles. The van der Waals surface area contributed by atoms with E-state index in [1.165, 1.54) is 0 Å². The minimum atomic E-state index is -0.243. The van der Waals surface area contributed by atoms with Gasteiger partial charge in [0.05, 0.1) is 31.4 Å². The fraction of sp³-hybridized carbons (Fsp3) is 0.636. The molecule has 4 atom stereocenters. The van der Waals surface area contributed by atoms with Gasteiger partial charge in [-0.1, -0.05) is 19.9 Å². The topological polar surface area (TPSA) is 85.9 Å². The third-order valence-corrected chi connectivity index (χ3v) is 5.96. The van der Waals surface area contributed by atoms with Crippen LogP contribution in [-0.2, 0) is 14.3 Å². The highest BCUT2D eigenvalue weighted by Gasteiger charge is 2.49. The van der Waals surface area contributed by atoms with Crippen molar-refractivity contribution in [1.29, 1.82) is 0 Å². The molecule has 7 nitrogen and oxygen atoms in total. The smallest absolute Gasteiger partial charge is 0.251 e. The van der Waals surface area contributed by atoms with E-state index < -0.39 is 0 Å². The Morgan fingerprint density at radius 3 is 2.38 bits per heavy atom. The van der Waals surface area contributed by atoms with Crippen molar-refractivity contribution in [3.05, 3.63) is 29.8 Å². The van der Waals surface area contributed by atoms with Crippen LogP contribution in [0.3, 0.4) is 0 Å². The molecule has 1 aliphatic carbocycles. The molecule has 0 aromatic heterocycles. The van der Waals surface area contributed by atoms with E-state index >= 15 is 0 Å². The lowest BCUT2D eigenvalue weighted by molar-refractivity contribution is -0.123. The zero-order valence-electron chi connectivity index (χ0n) is 17.1. The average molecular weight is 407 g/mol. The van der Waals surface area contributed by atoms with Gasteiger partial charge in [0.2, 0.25) is 5.91 Å². The molecule has 0 bridgehead atoms. The SMILES string of the molecule is CCC(CC)Oc1cccc(C(=O)NC2COC3C(NC(=O)C4CC4)COC23)c1.[HH].[HH]. The van der Waals surface area contributed by atoms with Crippen LogP contribution in [0.25, 0.3) is 0 Å². The molecule has 1 saturated carbocycles. The van der Waals surface area contributed by atoms with Gasteiger partial charge in [-0.25, -0.2) is 0 Å². The summed E-state index contributed by atoms with van der Waals surface area (Å²) in [7, 11) is 0. The number of amides is 2. The molecule has 7 heteroatoms. The molecule has 4 rings (SSSR count). The number of rotatable bonds is 8. The molecule has 2 heterocycles. The maximum Gasteiger partial charge on any atom is 0.251 e. The first kappa shape index (κ1) is 20.2. The molecule has 0 radical (unpaired) electrons. The van der Waals surface area contributed by atoms with E-state index in [0.717, 1.165) is 25.7 Å². The standard InChI is InChI=1S/C22H30N2O5.2H2/c1-3-15(4-2)29-16-7-5-6-14(10-16)22(26)24-18-12-28-19-17(11-27-20(18)19)23-21(25)13-8-9-13;;/h5-7,10,13,15,17-20H,3-4,8-9,11-12H2,1-2H3,(H,23,25)(H,24,26);2*1H. The highest BCUT2D eigenvalue weighted by molar-refractivity contribution is 5.94. The third-order valence-electron chi connectivity index (χ3n) is 5.96. The van der Waals surface area contributed by atoms with Crippen LogP contribution in [-0.4, -0.2) is 55.4 Å². The van der Waals surface area contributed by atoms with E-state index in [-0.39, 0.29) is 51.0 Å². The number of fused-ring (bicyclic) bond motifs is 1. The third kappa shape index (κ3) is 4.56. The van der Waals surface area contributed by atoms with Gasteiger partial charge in [0.25, 0.3) is 5.91 Å². The Labute approximate surface area is 174 Å².